The predicted octanol–water partition coefficient (Wildman–Crippen LogP) is 2.33. The van der Waals surface area contributed by atoms with E-state index in [4.69, 9.17) is 20.6 Å². The summed E-state index contributed by atoms with van der Waals surface area (Å²) >= 11 is 0. The molecule has 1 aromatic rings. The highest BCUT2D eigenvalue weighted by Crippen LogP contribution is 2.16. The topological polar surface area (TPSA) is 68.3 Å². The molecule has 0 amide bonds. The van der Waals surface area contributed by atoms with Crippen LogP contribution in [0.2, 0.25) is 0 Å². The van der Waals surface area contributed by atoms with Crippen molar-refractivity contribution in [1.82, 2.24) is 0 Å². The number of rotatable bonds is 7. The lowest BCUT2D eigenvalue weighted by Crippen LogP contribution is -2.13. The summed E-state index contributed by atoms with van der Waals surface area (Å²) in [7, 11) is 0. The Morgan fingerprint density at radius 1 is 1.33 bits per heavy atom. The lowest BCUT2D eigenvalue weighted by Gasteiger charge is -2.10. The first-order chi connectivity index (χ1) is 8.50. The Morgan fingerprint density at radius 2 is 2.06 bits per heavy atom. The molecule has 0 aliphatic carbocycles. The van der Waals surface area contributed by atoms with Gasteiger partial charge in [-0.2, -0.15) is 0 Å². The molecule has 0 fully saturated rings. The van der Waals surface area contributed by atoms with Crippen molar-refractivity contribution < 1.29 is 9.47 Å². The molecule has 0 saturated carbocycles. The SMILES string of the molecule is Cc1cc(OCCOCC(C)C)ccc1C(=N)N. The van der Waals surface area contributed by atoms with E-state index in [1.165, 1.54) is 0 Å². The number of hydrogen-bond donors (Lipinski definition) is 2. The molecule has 0 radical (unpaired) electrons. The van der Waals surface area contributed by atoms with Crippen LogP contribution in [0, 0.1) is 18.3 Å². The molecule has 3 N–H and O–H groups in total. The number of hydrogen-bond acceptors (Lipinski definition) is 3. The van der Waals surface area contributed by atoms with Crippen molar-refractivity contribution in [2.75, 3.05) is 19.8 Å². The normalized spacial score (nSPS) is 10.7. The van der Waals surface area contributed by atoms with Crippen molar-refractivity contribution in [2.24, 2.45) is 11.7 Å². The Morgan fingerprint density at radius 3 is 2.61 bits per heavy atom. The second-order valence-corrected chi connectivity index (χ2v) is 4.71. The summed E-state index contributed by atoms with van der Waals surface area (Å²) < 4.78 is 11.0. The Labute approximate surface area is 109 Å². The smallest absolute Gasteiger partial charge is 0.123 e. The Kier molecular flexibility index (Phi) is 5.65. The van der Waals surface area contributed by atoms with Gasteiger partial charge in [0.15, 0.2) is 0 Å². The van der Waals surface area contributed by atoms with E-state index < -0.39 is 0 Å². The zero-order chi connectivity index (χ0) is 13.5. The number of ether oxygens (including phenoxy) is 2. The molecule has 1 aromatic carbocycles. The fourth-order valence-corrected chi connectivity index (χ4v) is 1.57. The average molecular weight is 250 g/mol. The second-order valence-electron chi connectivity index (χ2n) is 4.71. The Bertz CT molecular complexity index is 403. The number of nitrogen functional groups attached to an aromatic ring is 1. The number of amidine groups is 1. The van der Waals surface area contributed by atoms with Crippen molar-refractivity contribution in [3.05, 3.63) is 29.3 Å². The van der Waals surface area contributed by atoms with Gasteiger partial charge in [-0.15, -0.1) is 0 Å². The summed E-state index contributed by atoms with van der Waals surface area (Å²) in [6.45, 7) is 8.02. The molecule has 0 atom stereocenters. The van der Waals surface area contributed by atoms with Crippen LogP contribution in [0.15, 0.2) is 18.2 Å². The average Bonchev–Trinajstić information content (AvgIpc) is 2.27. The van der Waals surface area contributed by atoms with Gasteiger partial charge in [-0.25, -0.2) is 0 Å². The van der Waals surface area contributed by atoms with Gasteiger partial charge in [-0.05, 0) is 36.6 Å². The molecule has 0 aliphatic rings. The van der Waals surface area contributed by atoms with Crippen molar-refractivity contribution in [3.63, 3.8) is 0 Å². The van der Waals surface area contributed by atoms with Crippen LogP contribution in [0.1, 0.15) is 25.0 Å². The first-order valence-corrected chi connectivity index (χ1v) is 6.16. The van der Waals surface area contributed by atoms with Crippen molar-refractivity contribution in [2.45, 2.75) is 20.8 Å². The van der Waals surface area contributed by atoms with Gasteiger partial charge in [0.1, 0.15) is 18.2 Å². The lowest BCUT2D eigenvalue weighted by atomic mass is 10.1. The van der Waals surface area contributed by atoms with E-state index in [2.05, 4.69) is 13.8 Å². The third-order valence-corrected chi connectivity index (χ3v) is 2.44. The van der Waals surface area contributed by atoms with Gasteiger partial charge in [0, 0.05) is 12.2 Å². The molecule has 4 heteroatoms. The van der Waals surface area contributed by atoms with E-state index in [-0.39, 0.29) is 5.84 Å². The molecule has 0 aromatic heterocycles. The van der Waals surface area contributed by atoms with E-state index in [0.717, 1.165) is 23.5 Å². The predicted molar refractivity (Wildman–Crippen MR) is 73.3 cm³/mol. The lowest BCUT2D eigenvalue weighted by molar-refractivity contribution is 0.0819. The van der Waals surface area contributed by atoms with E-state index >= 15 is 0 Å². The maximum absolute atomic E-state index is 7.40. The second kappa shape index (κ2) is 7.01. The number of nitrogens with one attached hydrogen (secondary N) is 1. The van der Waals surface area contributed by atoms with Crippen LogP contribution >= 0.6 is 0 Å². The first kappa shape index (κ1) is 14.5. The standard InChI is InChI=1S/C14H22N2O2/c1-10(2)9-17-6-7-18-12-4-5-13(14(15)16)11(3)8-12/h4-5,8,10H,6-7,9H2,1-3H3,(H3,15,16). The summed E-state index contributed by atoms with van der Waals surface area (Å²) in [5, 5.41) is 7.40. The molecular formula is C14H22N2O2. The van der Waals surface area contributed by atoms with Gasteiger partial charge >= 0.3 is 0 Å². The number of benzene rings is 1. The van der Waals surface area contributed by atoms with E-state index in [0.29, 0.717) is 19.1 Å². The third-order valence-electron chi connectivity index (χ3n) is 2.44. The van der Waals surface area contributed by atoms with Crippen LogP contribution < -0.4 is 10.5 Å². The molecule has 0 aliphatic heterocycles. The minimum absolute atomic E-state index is 0.0827. The fraction of sp³-hybridized carbons (Fsp3) is 0.500. The van der Waals surface area contributed by atoms with Gasteiger partial charge in [0.05, 0.1) is 6.61 Å². The maximum atomic E-state index is 7.40. The van der Waals surface area contributed by atoms with Crippen molar-refractivity contribution in [3.8, 4) is 5.75 Å². The fourth-order valence-electron chi connectivity index (χ4n) is 1.57. The van der Waals surface area contributed by atoms with E-state index in [1.54, 1.807) is 0 Å². The van der Waals surface area contributed by atoms with Crippen LogP contribution in [0.5, 0.6) is 5.75 Å². The minimum Gasteiger partial charge on any atom is -0.491 e. The van der Waals surface area contributed by atoms with Gasteiger partial charge in [0.25, 0.3) is 0 Å². The minimum atomic E-state index is 0.0827. The highest BCUT2D eigenvalue weighted by Gasteiger charge is 2.03. The summed E-state index contributed by atoms with van der Waals surface area (Å²) in [6.07, 6.45) is 0. The number of aryl methyl sites for hydroxylation is 1. The molecule has 0 bridgehead atoms. The monoisotopic (exact) mass is 250 g/mol. The third kappa shape index (κ3) is 4.75. The molecule has 0 saturated heterocycles. The van der Waals surface area contributed by atoms with Gasteiger partial charge in [0.2, 0.25) is 0 Å². The number of nitrogens with two attached hydrogens (primary N) is 1. The molecule has 0 unspecified atom stereocenters. The van der Waals surface area contributed by atoms with Crippen LogP contribution in [0.4, 0.5) is 0 Å². The largest absolute Gasteiger partial charge is 0.491 e. The molecular weight excluding hydrogens is 228 g/mol. The van der Waals surface area contributed by atoms with Crippen LogP contribution in [-0.4, -0.2) is 25.7 Å². The van der Waals surface area contributed by atoms with E-state index in [9.17, 15) is 0 Å². The summed E-state index contributed by atoms with van der Waals surface area (Å²) in [5.41, 5.74) is 7.15. The maximum Gasteiger partial charge on any atom is 0.123 e. The van der Waals surface area contributed by atoms with Crippen LogP contribution in [0.3, 0.4) is 0 Å². The molecule has 0 heterocycles. The molecule has 1 rings (SSSR count). The zero-order valence-corrected chi connectivity index (χ0v) is 11.3. The summed E-state index contributed by atoms with van der Waals surface area (Å²) in [6, 6.07) is 5.52. The highest BCUT2D eigenvalue weighted by atomic mass is 16.5. The van der Waals surface area contributed by atoms with Crippen LogP contribution in [-0.2, 0) is 4.74 Å². The first-order valence-electron chi connectivity index (χ1n) is 6.16. The molecule has 100 valence electrons. The summed E-state index contributed by atoms with van der Waals surface area (Å²) in [5.74, 6) is 1.41. The molecule has 0 spiro atoms. The summed E-state index contributed by atoms with van der Waals surface area (Å²) in [4.78, 5) is 0. The van der Waals surface area contributed by atoms with Gasteiger partial charge in [-0.3, -0.25) is 5.41 Å². The Balaban J connectivity index is 2.39. The van der Waals surface area contributed by atoms with Crippen LogP contribution in [0.25, 0.3) is 0 Å². The van der Waals surface area contributed by atoms with Crippen molar-refractivity contribution in [1.29, 1.82) is 5.41 Å². The Hall–Kier alpha value is -1.55. The van der Waals surface area contributed by atoms with Crippen molar-refractivity contribution >= 4 is 5.84 Å². The van der Waals surface area contributed by atoms with Gasteiger partial charge < -0.3 is 15.2 Å². The molecule has 4 nitrogen and oxygen atoms in total. The zero-order valence-electron chi connectivity index (χ0n) is 11.3. The van der Waals surface area contributed by atoms with Gasteiger partial charge in [-0.1, -0.05) is 13.8 Å². The van der Waals surface area contributed by atoms with E-state index in [1.807, 2.05) is 25.1 Å². The quantitative estimate of drug-likeness (QED) is 0.443. The highest BCUT2D eigenvalue weighted by molar-refractivity contribution is 5.96. The molecule has 18 heavy (non-hydrogen) atoms.